The second-order valence-corrected chi connectivity index (χ2v) is 11.7. The summed E-state index contributed by atoms with van der Waals surface area (Å²) in [6.07, 6.45) is 3.03. The maximum atomic E-state index is 14.2. The average Bonchev–Trinajstić information content (AvgIpc) is 3.39. The van der Waals surface area contributed by atoms with E-state index in [0.29, 0.717) is 32.0 Å². The minimum atomic E-state index is -0.483. The van der Waals surface area contributed by atoms with Gasteiger partial charge in [-0.3, -0.25) is 14.4 Å². The lowest BCUT2D eigenvalue weighted by Gasteiger charge is -2.35. The molecule has 2 amide bonds. The lowest BCUT2D eigenvalue weighted by molar-refractivity contribution is -0.143. The zero-order chi connectivity index (χ0) is 32.9. The van der Waals surface area contributed by atoms with Gasteiger partial charge in [-0.05, 0) is 37.1 Å². The number of ether oxygens (including phenoxy) is 1. The van der Waals surface area contributed by atoms with Crippen LogP contribution in [0.1, 0.15) is 38.9 Å². The van der Waals surface area contributed by atoms with Crippen molar-refractivity contribution in [1.29, 1.82) is 0 Å². The number of benzene rings is 3. The molecule has 1 aliphatic heterocycles. The third-order valence-corrected chi connectivity index (χ3v) is 8.49. The Morgan fingerprint density at radius 3 is 2.23 bits per heavy atom. The number of esters is 1. The Balaban J connectivity index is 1.17. The van der Waals surface area contributed by atoms with E-state index in [0.717, 1.165) is 38.9 Å². The van der Waals surface area contributed by atoms with Crippen LogP contribution in [0.2, 0.25) is 0 Å². The predicted molar refractivity (Wildman–Crippen MR) is 181 cm³/mol. The molecule has 0 N–H and O–H groups in total. The molecule has 1 aliphatic rings. The summed E-state index contributed by atoms with van der Waals surface area (Å²) >= 11 is 0. The summed E-state index contributed by atoms with van der Waals surface area (Å²) in [5.41, 5.74) is 5.78. The molecule has 3 aromatic carbocycles. The predicted octanol–water partition coefficient (Wildman–Crippen LogP) is 5.11. The number of piperazine rings is 1. The summed E-state index contributed by atoms with van der Waals surface area (Å²) in [4.78, 5) is 54.3. The smallest absolute Gasteiger partial charge is 0.325 e. The summed E-state index contributed by atoms with van der Waals surface area (Å²) in [5, 5.41) is 0.953. The molecule has 2 aromatic heterocycles. The Kier molecular flexibility index (Phi) is 9.28. The van der Waals surface area contributed by atoms with Crippen LogP contribution in [-0.4, -0.2) is 81.4 Å². The first-order chi connectivity index (χ1) is 22.8. The van der Waals surface area contributed by atoms with E-state index in [2.05, 4.69) is 37.6 Å². The maximum Gasteiger partial charge on any atom is 0.325 e. The van der Waals surface area contributed by atoms with Crippen molar-refractivity contribution in [2.75, 3.05) is 44.2 Å². The van der Waals surface area contributed by atoms with Crippen LogP contribution in [0, 0.1) is 6.92 Å². The molecule has 6 rings (SSSR count). The Labute approximate surface area is 274 Å². The molecule has 47 heavy (non-hydrogen) atoms. The van der Waals surface area contributed by atoms with Crippen molar-refractivity contribution in [3.8, 4) is 11.3 Å². The van der Waals surface area contributed by atoms with E-state index in [1.807, 2.05) is 79.5 Å². The zero-order valence-corrected chi connectivity index (χ0v) is 26.9. The monoisotopic (exact) mass is 630 g/mol. The lowest BCUT2D eigenvalue weighted by Crippen LogP contribution is -2.49. The molecular weight excluding hydrogens is 592 g/mol. The number of nitrogens with zero attached hydrogens (tertiary/aromatic N) is 6. The van der Waals surface area contributed by atoms with Crippen molar-refractivity contribution in [2.45, 2.75) is 20.4 Å². The number of carbonyl (C=O) groups is 3. The first kappa shape index (κ1) is 31.5. The lowest BCUT2D eigenvalue weighted by atomic mass is 10.0. The first-order valence-corrected chi connectivity index (χ1v) is 15.8. The summed E-state index contributed by atoms with van der Waals surface area (Å²) in [6.45, 7) is 6.22. The Hall–Kier alpha value is -5.51. The number of hydrogen-bond acceptors (Lipinski definition) is 7. The summed E-state index contributed by atoms with van der Waals surface area (Å²) in [7, 11) is 2.01. The normalized spacial score (nSPS) is 13.1. The highest BCUT2D eigenvalue weighted by Gasteiger charge is 2.29. The van der Waals surface area contributed by atoms with Gasteiger partial charge < -0.3 is 24.0 Å². The van der Waals surface area contributed by atoms with Gasteiger partial charge in [0, 0.05) is 50.7 Å². The fraction of sp³-hybridized carbons (Fsp3) is 0.270. The Bertz CT molecular complexity index is 1880. The van der Waals surface area contributed by atoms with Crippen molar-refractivity contribution in [1.82, 2.24) is 24.3 Å². The molecule has 0 spiro atoms. The third-order valence-electron chi connectivity index (χ3n) is 8.49. The highest BCUT2D eigenvalue weighted by atomic mass is 16.5. The number of amides is 2. The fourth-order valence-electron chi connectivity index (χ4n) is 6.13. The van der Waals surface area contributed by atoms with E-state index in [1.54, 1.807) is 13.1 Å². The van der Waals surface area contributed by atoms with Gasteiger partial charge in [-0.25, -0.2) is 9.97 Å². The molecule has 0 saturated carbocycles. The summed E-state index contributed by atoms with van der Waals surface area (Å²) < 4.78 is 7.21. The largest absolute Gasteiger partial charge is 0.465 e. The molecule has 5 aromatic rings. The molecule has 1 saturated heterocycles. The summed E-state index contributed by atoms with van der Waals surface area (Å²) in [6, 6.07) is 25.8. The highest BCUT2D eigenvalue weighted by Crippen LogP contribution is 2.35. The highest BCUT2D eigenvalue weighted by molar-refractivity contribution is 6.13. The molecule has 0 radical (unpaired) electrons. The topological polar surface area (TPSA) is 101 Å². The molecular formula is C37H38N6O4. The van der Waals surface area contributed by atoms with Gasteiger partial charge in [0.2, 0.25) is 0 Å². The van der Waals surface area contributed by atoms with Gasteiger partial charge in [0.25, 0.3) is 11.8 Å². The van der Waals surface area contributed by atoms with Crippen LogP contribution in [0.25, 0.3) is 22.2 Å². The van der Waals surface area contributed by atoms with E-state index in [4.69, 9.17) is 4.74 Å². The minimum Gasteiger partial charge on any atom is -0.465 e. The molecule has 0 atom stereocenters. The number of rotatable bonds is 9. The number of hydrogen-bond donors (Lipinski definition) is 0. The molecule has 240 valence electrons. The number of fused-ring (bicyclic) bond motifs is 1. The first-order valence-electron chi connectivity index (χ1n) is 15.8. The van der Waals surface area contributed by atoms with Crippen LogP contribution in [0.5, 0.6) is 0 Å². The second kappa shape index (κ2) is 13.9. The van der Waals surface area contributed by atoms with Crippen LogP contribution in [0.3, 0.4) is 0 Å². The molecule has 10 heteroatoms. The van der Waals surface area contributed by atoms with Gasteiger partial charge in [0.1, 0.15) is 18.1 Å². The summed E-state index contributed by atoms with van der Waals surface area (Å²) in [5.74, 6) is -0.259. The Morgan fingerprint density at radius 2 is 1.57 bits per heavy atom. The number of carbonyl (C=O) groups excluding carboxylic acids is 3. The third kappa shape index (κ3) is 6.72. The molecule has 3 heterocycles. The van der Waals surface area contributed by atoms with E-state index < -0.39 is 11.9 Å². The van der Waals surface area contributed by atoms with Crippen molar-refractivity contribution < 1.29 is 19.1 Å². The quantitative estimate of drug-likeness (QED) is 0.209. The van der Waals surface area contributed by atoms with Gasteiger partial charge in [0.05, 0.1) is 30.3 Å². The van der Waals surface area contributed by atoms with Gasteiger partial charge in [-0.15, -0.1) is 0 Å². The maximum absolute atomic E-state index is 14.2. The van der Waals surface area contributed by atoms with Crippen molar-refractivity contribution in [3.05, 3.63) is 114 Å². The molecule has 0 aliphatic carbocycles. The van der Waals surface area contributed by atoms with Gasteiger partial charge in [-0.2, -0.15) is 0 Å². The molecule has 10 nitrogen and oxygen atoms in total. The fourth-order valence-corrected chi connectivity index (χ4v) is 6.13. The molecule has 0 unspecified atom stereocenters. The molecule has 0 bridgehead atoms. The number of anilines is 1. The zero-order valence-electron chi connectivity index (χ0n) is 26.9. The standard InChI is InChI=1S/C37H38N6O4/c1-4-47-33(44)25-43(24-27-11-7-5-8-12-27)36(45)30-22-39-32(23-38-30)41-17-19-42(20-18-41)37(46)34-29-21-26(2)15-16-31(29)40(3)35(34)28-13-9-6-10-14-28/h5-16,21-23H,4,17-20,24-25H2,1-3H3. The van der Waals surface area contributed by atoms with Crippen molar-refractivity contribution >= 4 is 34.5 Å². The van der Waals surface area contributed by atoms with Crippen molar-refractivity contribution in [3.63, 3.8) is 0 Å². The van der Waals surface area contributed by atoms with E-state index in [9.17, 15) is 14.4 Å². The number of aryl methyl sites for hydroxylation is 2. The van der Waals surface area contributed by atoms with Crippen LogP contribution >= 0.6 is 0 Å². The minimum absolute atomic E-state index is 0.00633. The van der Waals surface area contributed by atoms with Crippen molar-refractivity contribution in [2.24, 2.45) is 7.05 Å². The number of aromatic nitrogens is 3. The Morgan fingerprint density at radius 1 is 0.872 bits per heavy atom. The van der Waals surface area contributed by atoms with Gasteiger partial charge in [0.15, 0.2) is 0 Å². The van der Waals surface area contributed by atoms with Crippen LogP contribution in [-0.2, 0) is 23.1 Å². The second-order valence-electron chi connectivity index (χ2n) is 11.7. The van der Waals surface area contributed by atoms with E-state index in [1.165, 1.54) is 11.1 Å². The average molecular weight is 631 g/mol. The molecule has 1 fully saturated rings. The van der Waals surface area contributed by atoms with Gasteiger partial charge >= 0.3 is 5.97 Å². The van der Waals surface area contributed by atoms with E-state index >= 15 is 0 Å². The van der Waals surface area contributed by atoms with Crippen LogP contribution in [0.4, 0.5) is 5.82 Å². The SMILES string of the molecule is CCOC(=O)CN(Cc1ccccc1)C(=O)c1cnc(N2CCN(C(=O)c3c(-c4ccccc4)n(C)c4ccc(C)cc34)CC2)cn1. The van der Waals surface area contributed by atoms with Gasteiger partial charge in [-0.1, -0.05) is 72.3 Å². The van der Waals surface area contributed by atoms with Crippen LogP contribution in [0.15, 0.2) is 91.3 Å². The van der Waals surface area contributed by atoms with Crippen LogP contribution < -0.4 is 4.90 Å². The van der Waals surface area contributed by atoms with E-state index in [-0.39, 0.29) is 31.3 Å².